The van der Waals surface area contributed by atoms with E-state index in [4.69, 9.17) is 4.74 Å². The lowest BCUT2D eigenvalue weighted by atomic mass is 9.87. The van der Waals surface area contributed by atoms with Crippen molar-refractivity contribution >= 4 is 10.9 Å². The zero-order valence-corrected chi connectivity index (χ0v) is 12.3. The number of pyridine rings is 1. The maximum atomic E-state index is 5.95. The van der Waals surface area contributed by atoms with E-state index >= 15 is 0 Å². The Balaban J connectivity index is 2.32. The number of rotatable bonds is 0. The Bertz CT molecular complexity index is 638. The number of hydrogen-bond donors (Lipinski definition) is 0. The summed E-state index contributed by atoms with van der Waals surface area (Å²) < 4.78 is 8.16. The number of nitrogens with zero attached hydrogens (tertiary/aromatic N) is 1. The summed E-state index contributed by atoms with van der Waals surface area (Å²) in [5, 5.41) is 1.26. The van der Waals surface area contributed by atoms with Crippen LogP contribution in [0, 0.1) is 0 Å². The van der Waals surface area contributed by atoms with Gasteiger partial charge < -0.3 is 4.74 Å². The van der Waals surface area contributed by atoms with Gasteiger partial charge in [-0.15, -0.1) is 0 Å². The number of benzene rings is 1. The second-order valence-corrected chi connectivity index (χ2v) is 6.53. The van der Waals surface area contributed by atoms with Crippen LogP contribution < -0.4 is 9.30 Å². The van der Waals surface area contributed by atoms with Crippen molar-refractivity contribution in [1.29, 1.82) is 0 Å². The molecule has 0 radical (unpaired) electrons. The highest BCUT2D eigenvalue weighted by Crippen LogP contribution is 2.34. The van der Waals surface area contributed by atoms with Crippen LogP contribution in [0.1, 0.15) is 38.3 Å². The van der Waals surface area contributed by atoms with Gasteiger partial charge in [0, 0.05) is 11.6 Å². The van der Waals surface area contributed by atoms with E-state index in [9.17, 15) is 0 Å². The number of aryl methyl sites for hydroxylation is 2. The van der Waals surface area contributed by atoms with Crippen molar-refractivity contribution < 1.29 is 9.30 Å². The third-order valence-corrected chi connectivity index (χ3v) is 3.97. The number of hydrogen-bond acceptors (Lipinski definition) is 1. The topological polar surface area (TPSA) is 13.1 Å². The van der Waals surface area contributed by atoms with Gasteiger partial charge in [-0.05, 0) is 36.0 Å². The summed E-state index contributed by atoms with van der Waals surface area (Å²) in [6.07, 6.45) is 4.50. The first-order valence-electron chi connectivity index (χ1n) is 7.05. The highest BCUT2D eigenvalue weighted by atomic mass is 16.5. The van der Waals surface area contributed by atoms with Crippen LogP contribution >= 0.6 is 0 Å². The minimum Gasteiger partial charge on any atom is -0.492 e. The van der Waals surface area contributed by atoms with Crippen LogP contribution in [-0.2, 0) is 18.9 Å². The highest BCUT2D eigenvalue weighted by Gasteiger charge is 2.23. The summed E-state index contributed by atoms with van der Waals surface area (Å²) in [6, 6.07) is 6.74. The summed E-state index contributed by atoms with van der Waals surface area (Å²) in [4.78, 5) is 0. The van der Waals surface area contributed by atoms with Crippen molar-refractivity contribution in [2.24, 2.45) is 7.05 Å². The van der Waals surface area contributed by atoms with Gasteiger partial charge in [0.25, 0.3) is 0 Å². The maximum Gasteiger partial charge on any atom is 0.216 e. The lowest BCUT2D eigenvalue weighted by molar-refractivity contribution is -0.645. The molecule has 2 heterocycles. The van der Waals surface area contributed by atoms with E-state index in [0.29, 0.717) is 0 Å². The Morgan fingerprint density at radius 2 is 2.00 bits per heavy atom. The predicted molar refractivity (Wildman–Crippen MR) is 77.6 cm³/mol. The van der Waals surface area contributed by atoms with Gasteiger partial charge in [0.15, 0.2) is 6.20 Å². The van der Waals surface area contributed by atoms with E-state index in [0.717, 1.165) is 25.2 Å². The fraction of sp³-hybridized carbons (Fsp3) is 0.471. The molecule has 0 amide bonds. The largest absolute Gasteiger partial charge is 0.492 e. The molecule has 0 unspecified atom stereocenters. The van der Waals surface area contributed by atoms with Crippen LogP contribution in [-0.4, -0.2) is 6.61 Å². The van der Waals surface area contributed by atoms with Gasteiger partial charge in [0.1, 0.15) is 12.8 Å². The normalized spacial score (nSPS) is 15.2. The van der Waals surface area contributed by atoms with Crippen molar-refractivity contribution in [3.8, 4) is 5.75 Å². The molecule has 0 saturated carbocycles. The van der Waals surface area contributed by atoms with Crippen LogP contribution in [0.3, 0.4) is 0 Å². The smallest absolute Gasteiger partial charge is 0.216 e. The van der Waals surface area contributed by atoms with Crippen molar-refractivity contribution in [3.63, 3.8) is 0 Å². The maximum absolute atomic E-state index is 5.95. The fourth-order valence-electron chi connectivity index (χ4n) is 2.77. The minimum atomic E-state index is 0.156. The molecule has 1 aromatic heterocycles. The number of aromatic nitrogens is 1. The molecule has 3 rings (SSSR count). The first-order chi connectivity index (χ1) is 8.97. The van der Waals surface area contributed by atoms with Crippen molar-refractivity contribution in [1.82, 2.24) is 0 Å². The average molecular weight is 256 g/mol. The molecule has 1 aliphatic rings. The van der Waals surface area contributed by atoms with Crippen LogP contribution in [0.2, 0.25) is 0 Å². The van der Waals surface area contributed by atoms with Crippen LogP contribution in [0.25, 0.3) is 10.9 Å². The molecule has 19 heavy (non-hydrogen) atoms. The Hall–Kier alpha value is -1.57. The molecule has 1 aromatic carbocycles. The van der Waals surface area contributed by atoms with Crippen molar-refractivity contribution in [2.45, 2.75) is 39.0 Å². The molecule has 0 saturated heterocycles. The third-order valence-electron chi connectivity index (χ3n) is 3.97. The molecule has 0 spiro atoms. The summed E-state index contributed by atoms with van der Waals surface area (Å²) >= 11 is 0. The van der Waals surface area contributed by atoms with E-state index in [-0.39, 0.29) is 5.41 Å². The minimum absolute atomic E-state index is 0.156. The summed E-state index contributed by atoms with van der Waals surface area (Å²) in [6.45, 7) is 7.61. The molecule has 0 atom stereocenters. The Morgan fingerprint density at radius 3 is 2.74 bits per heavy atom. The zero-order chi connectivity index (χ0) is 13.6. The van der Waals surface area contributed by atoms with E-state index < -0.39 is 0 Å². The molecular weight excluding hydrogens is 234 g/mol. The molecule has 100 valence electrons. The molecule has 0 bridgehead atoms. The zero-order valence-electron chi connectivity index (χ0n) is 12.3. The van der Waals surface area contributed by atoms with E-state index in [2.05, 4.69) is 56.8 Å². The van der Waals surface area contributed by atoms with Crippen LogP contribution in [0.15, 0.2) is 24.4 Å². The number of fused-ring (bicyclic) bond motifs is 3. The van der Waals surface area contributed by atoms with Gasteiger partial charge in [0.2, 0.25) is 5.52 Å². The monoisotopic (exact) mass is 256 g/mol. The van der Waals surface area contributed by atoms with Gasteiger partial charge in [-0.25, -0.2) is 4.57 Å². The molecule has 2 heteroatoms. The first kappa shape index (κ1) is 12.5. The van der Waals surface area contributed by atoms with Gasteiger partial charge in [0.05, 0.1) is 12.0 Å². The predicted octanol–water partition coefficient (Wildman–Crippen LogP) is 3.29. The fourth-order valence-corrected chi connectivity index (χ4v) is 2.77. The van der Waals surface area contributed by atoms with Crippen LogP contribution in [0.4, 0.5) is 0 Å². The van der Waals surface area contributed by atoms with Gasteiger partial charge in [-0.1, -0.05) is 20.8 Å². The van der Waals surface area contributed by atoms with Gasteiger partial charge >= 0.3 is 0 Å². The van der Waals surface area contributed by atoms with E-state index in [1.807, 2.05) is 0 Å². The first-order valence-corrected chi connectivity index (χ1v) is 7.05. The van der Waals surface area contributed by atoms with E-state index in [1.54, 1.807) is 0 Å². The SMILES string of the molecule is C[n+]1cc(C(C)(C)C)cc2c3c(ccc21)CCCO3. The highest BCUT2D eigenvalue weighted by molar-refractivity contribution is 5.85. The second kappa shape index (κ2) is 4.22. The van der Waals surface area contributed by atoms with Crippen LogP contribution in [0.5, 0.6) is 5.75 Å². The molecule has 0 aliphatic carbocycles. The standard InChI is InChI=1S/C17H22NO/c1-17(2,3)13-10-14-15(18(4)11-13)8-7-12-6-5-9-19-16(12)14/h7-8,10-11H,5-6,9H2,1-4H3/q+1. The van der Waals surface area contributed by atoms with Gasteiger partial charge in [-0.3, -0.25) is 0 Å². The summed E-state index contributed by atoms with van der Waals surface area (Å²) in [7, 11) is 2.12. The molecule has 0 N–H and O–H groups in total. The molecular formula is C17H22NO+. The summed E-state index contributed by atoms with van der Waals surface area (Å²) in [5.74, 6) is 1.10. The Kier molecular flexibility index (Phi) is 2.77. The quantitative estimate of drug-likeness (QED) is 0.659. The lowest BCUT2D eigenvalue weighted by Gasteiger charge is -2.21. The average Bonchev–Trinajstić information content (AvgIpc) is 2.37. The molecule has 0 fully saturated rings. The second-order valence-electron chi connectivity index (χ2n) is 6.53. The molecule has 1 aliphatic heterocycles. The summed E-state index contributed by atoms with van der Waals surface area (Å²) in [5.41, 5.74) is 4.10. The van der Waals surface area contributed by atoms with Crippen molar-refractivity contribution in [2.75, 3.05) is 6.61 Å². The van der Waals surface area contributed by atoms with Gasteiger partial charge in [-0.2, -0.15) is 0 Å². The Labute approximate surface area is 115 Å². The molecule has 2 aromatic rings. The molecule has 2 nitrogen and oxygen atoms in total. The van der Waals surface area contributed by atoms with Crippen molar-refractivity contribution in [3.05, 3.63) is 35.5 Å². The number of ether oxygens (including phenoxy) is 1. The lowest BCUT2D eigenvalue weighted by Crippen LogP contribution is -2.31. The van der Waals surface area contributed by atoms with E-state index in [1.165, 1.54) is 22.0 Å². The Morgan fingerprint density at radius 1 is 1.21 bits per heavy atom. The third kappa shape index (κ3) is 2.09.